The summed E-state index contributed by atoms with van der Waals surface area (Å²) >= 11 is 0. The lowest BCUT2D eigenvalue weighted by Gasteiger charge is -2.47. The molecule has 1 atom stereocenters. The molecule has 5 aliphatic rings. The van der Waals surface area contributed by atoms with Gasteiger partial charge in [0.15, 0.2) is 5.82 Å². The molecule has 1 aromatic heterocycles. The molecule has 7 rings (SSSR count). The first-order valence-corrected chi connectivity index (χ1v) is 17.1. The van der Waals surface area contributed by atoms with Gasteiger partial charge < -0.3 is 30.4 Å². The molecule has 10 nitrogen and oxygen atoms in total. The molecular formula is C35H49N9O. The highest BCUT2D eigenvalue weighted by molar-refractivity contribution is 5.85. The van der Waals surface area contributed by atoms with Crippen molar-refractivity contribution in [2.75, 3.05) is 62.6 Å². The SMILES string of the molecule is C=NC(=N/C=C(\C)C1CCN(C2CCC3(CCNCC3)CC2)CC1)N1CCN2c3cc(-c4ccccc4O)nnc3NC[C@H]2C1. The normalized spacial score (nSPS) is 25.0. The fraction of sp³-hybridized carbons (Fsp3) is 0.600. The molecule has 0 bridgehead atoms. The Balaban J connectivity index is 0.944. The maximum atomic E-state index is 10.4. The van der Waals surface area contributed by atoms with E-state index in [9.17, 15) is 5.11 Å². The Labute approximate surface area is 267 Å². The second-order valence-corrected chi connectivity index (χ2v) is 13.9. The Kier molecular flexibility index (Phi) is 8.77. The molecule has 2 aromatic rings. The molecule has 0 unspecified atom stereocenters. The molecule has 45 heavy (non-hydrogen) atoms. The summed E-state index contributed by atoms with van der Waals surface area (Å²) in [5.41, 5.74) is 4.37. The molecular weight excluding hydrogens is 562 g/mol. The Morgan fingerprint density at radius 1 is 1.00 bits per heavy atom. The van der Waals surface area contributed by atoms with Crippen molar-refractivity contribution < 1.29 is 5.11 Å². The number of aromatic hydroxyl groups is 1. The zero-order valence-corrected chi connectivity index (χ0v) is 26.8. The van der Waals surface area contributed by atoms with Crippen molar-refractivity contribution in [1.29, 1.82) is 0 Å². The Bertz CT molecular complexity index is 1420. The van der Waals surface area contributed by atoms with Crippen LogP contribution in [0.25, 0.3) is 11.3 Å². The number of phenolic OH excluding ortho intramolecular Hbond substituents is 1. The number of likely N-dealkylation sites (tertiary alicyclic amines) is 1. The van der Waals surface area contributed by atoms with Crippen LogP contribution >= 0.6 is 0 Å². The molecule has 1 aromatic carbocycles. The number of aliphatic imine (C=N–C) groups is 2. The summed E-state index contributed by atoms with van der Waals surface area (Å²) in [4.78, 5) is 16.7. The number of guanidine groups is 1. The molecule has 4 aliphatic heterocycles. The number of nitrogens with zero attached hydrogens (tertiary/aromatic N) is 7. The maximum Gasteiger partial charge on any atom is 0.224 e. The fourth-order valence-corrected chi connectivity index (χ4v) is 8.54. The van der Waals surface area contributed by atoms with Crippen LogP contribution in [0.5, 0.6) is 5.75 Å². The van der Waals surface area contributed by atoms with E-state index in [4.69, 9.17) is 4.99 Å². The van der Waals surface area contributed by atoms with Crippen molar-refractivity contribution in [3.63, 3.8) is 0 Å². The topological polar surface area (TPSA) is 105 Å². The van der Waals surface area contributed by atoms with E-state index < -0.39 is 0 Å². The van der Waals surface area contributed by atoms with Crippen molar-refractivity contribution >= 4 is 24.2 Å². The minimum atomic E-state index is 0.207. The minimum Gasteiger partial charge on any atom is -0.507 e. The number of piperidine rings is 2. The average Bonchev–Trinajstić information content (AvgIpc) is 3.09. The van der Waals surface area contributed by atoms with Gasteiger partial charge in [-0.25, -0.2) is 9.98 Å². The number of rotatable bonds is 4. The Morgan fingerprint density at radius 2 is 1.78 bits per heavy atom. The van der Waals surface area contributed by atoms with Crippen molar-refractivity contribution in [1.82, 2.24) is 25.3 Å². The quantitative estimate of drug-likeness (QED) is 0.336. The van der Waals surface area contributed by atoms with Gasteiger partial charge in [-0.15, -0.1) is 10.2 Å². The van der Waals surface area contributed by atoms with E-state index in [0.717, 1.165) is 43.7 Å². The summed E-state index contributed by atoms with van der Waals surface area (Å²) in [5, 5.41) is 26.2. The molecule has 5 heterocycles. The van der Waals surface area contributed by atoms with Crippen LogP contribution in [0.1, 0.15) is 58.3 Å². The number of nitrogens with one attached hydrogen (secondary N) is 2. The van der Waals surface area contributed by atoms with E-state index in [1.807, 2.05) is 24.3 Å². The van der Waals surface area contributed by atoms with Crippen LogP contribution < -0.4 is 15.5 Å². The van der Waals surface area contributed by atoms with E-state index in [1.54, 1.807) is 6.07 Å². The third-order valence-electron chi connectivity index (χ3n) is 11.4. The van der Waals surface area contributed by atoms with E-state index in [0.29, 0.717) is 28.5 Å². The first kappa shape index (κ1) is 30.2. The highest BCUT2D eigenvalue weighted by Crippen LogP contribution is 2.45. The van der Waals surface area contributed by atoms with Gasteiger partial charge in [-0.05, 0) is 121 Å². The fourth-order valence-electron chi connectivity index (χ4n) is 8.54. The predicted molar refractivity (Wildman–Crippen MR) is 182 cm³/mol. The van der Waals surface area contributed by atoms with Crippen molar-refractivity contribution in [3.8, 4) is 17.0 Å². The third kappa shape index (κ3) is 6.31. The molecule has 240 valence electrons. The molecule has 10 heteroatoms. The molecule has 0 radical (unpaired) electrons. The number of fused-ring (bicyclic) bond motifs is 3. The molecule has 0 amide bonds. The minimum absolute atomic E-state index is 0.207. The number of phenols is 1. The molecule has 3 saturated heterocycles. The van der Waals surface area contributed by atoms with E-state index in [2.05, 4.69) is 60.4 Å². The van der Waals surface area contributed by atoms with Crippen LogP contribution in [-0.4, -0.2) is 102 Å². The lowest BCUT2D eigenvalue weighted by Crippen LogP contribution is -2.58. The monoisotopic (exact) mass is 611 g/mol. The molecule has 1 saturated carbocycles. The van der Waals surface area contributed by atoms with Crippen LogP contribution in [0, 0.1) is 11.3 Å². The highest BCUT2D eigenvalue weighted by Gasteiger charge is 2.38. The summed E-state index contributed by atoms with van der Waals surface area (Å²) in [6.07, 6.45) is 12.9. The van der Waals surface area contributed by atoms with Crippen molar-refractivity contribution in [2.24, 2.45) is 21.3 Å². The second-order valence-electron chi connectivity index (χ2n) is 13.9. The van der Waals surface area contributed by atoms with Crippen LogP contribution in [0.2, 0.25) is 0 Å². The number of hydrogen-bond donors (Lipinski definition) is 3. The van der Waals surface area contributed by atoms with Gasteiger partial charge in [0.05, 0.1) is 17.4 Å². The smallest absolute Gasteiger partial charge is 0.224 e. The Hall–Kier alpha value is -3.50. The van der Waals surface area contributed by atoms with Gasteiger partial charge in [0.25, 0.3) is 0 Å². The van der Waals surface area contributed by atoms with Gasteiger partial charge >= 0.3 is 0 Å². The number of para-hydroxylation sites is 1. The summed E-state index contributed by atoms with van der Waals surface area (Å²) in [7, 11) is 0. The number of aromatic nitrogens is 2. The summed E-state index contributed by atoms with van der Waals surface area (Å²) in [5.74, 6) is 2.28. The van der Waals surface area contributed by atoms with Crippen molar-refractivity contribution in [2.45, 2.75) is 70.4 Å². The van der Waals surface area contributed by atoms with E-state index in [-0.39, 0.29) is 11.8 Å². The first-order chi connectivity index (χ1) is 22.0. The highest BCUT2D eigenvalue weighted by atomic mass is 16.3. The maximum absolute atomic E-state index is 10.4. The average molecular weight is 612 g/mol. The van der Waals surface area contributed by atoms with Crippen LogP contribution in [0.15, 0.2) is 52.1 Å². The van der Waals surface area contributed by atoms with Gasteiger partial charge in [0.2, 0.25) is 5.96 Å². The summed E-state index contributed by atoms with van der Waals surface area (Å²) in [6, 6.07) is 10.3. The summed E-state index contributed by atoms with van der Waals surface area (Å²) in [6.45, 7) is 14.2. The van der Waals surface area contributed by atoms with E-state index in [1.165, 1.54) is 83.1 Å². The molecule has 1 aliphatic carbocycles. The van der Waals surface area contributed by atoms with Gasteiger partial charge in [0.1, 0.15) is 5.75 Å². The predicted octanol–water partition coefficient (Wildman–Crippen LogP) is 4.75. The lowest BCUT2D eigenvalue weighted by atomic mass is 9.67. The van der Waals surface area contributed by atoms with Gasteiger partial charge in [-0.3, -0.25) is 0 Å². The number of piperazine rings is 1. The van der Waals surface area contributed by atoms with Gasteiger partial charge in [-0.1, -0.05) is 17.7 Å². The Morgan fingerprint density at radius 3 is 2.53 bits per heavy atom. The standard InChI is InChI=1S/C35H49N9O/c1-25(26-9-17-42(18-10-26)27-7-11-35(12-8-27)13-15-37-16-14-35)22-39-34(36-2)43-19-20-44-28(24-43)23-38-33-31(44)21-30(40-41-33)29-5-3-4-6-32(29)45/h3-6,21-22,26-28,37,45H,2,7-20,23-24H2,1H3,(H,38,41)/b25-22+,39-34?/t28-/m0/s1. The van der Waals surface area contributed by atoms with Crippen LogP contribution in [0.3, 0.4) is 0 Å². The molecule has 1 spiro atoms. The second kappa shape index (κ2) is 13.1. The number of allylic oxidation sites excluding steroid dienone is 1. The van der Waals surface area contributed by atoms with Crippen molar-refractivity contribution in [3.05, 3.63) is 42.1 Å². The van der Waals surface area contributed by atoms with Gasteiger partial charge in [-0.2, -0.15) is 0 Å². The van der Waals surface area contributed by atoms with Crippen LogP contribution in [0.4, 0.5) is 11.5 Å². The largest absolute Gasteiger partial charge is 0.507 e. The molecule has 4 fully saturated rings. The molecule has 3 N–H and O–H groups in total. The first-order valence-electron chi connectivity index (χ1n) is 17.1. The zero-order chi connectivity index (χ0) is 30.8. The number of anilines is 2. The number of benzene rings is 1. The van der Waals surface area contributed by atoms with Crippen LogP contribution in [-0.2, 0) is 0 Å². The van der Waals surface area contributed by atoms with Gasteiger partial charge in [0, 0.05) is 44.0 Å². The third-order valence-corrected chi connectivity index (χ3v) is 11.4. The number of hydrogen-bond acceptors (Lipinski definition) is 8. The van der Waals surface area contributed by atoms with E-state index >= 15 is 0 Å². The lowest BCUT2D eigenvalue weighted by molar-refractivity contribution is 0.0505. The zero-order valence-electron chi connectivity index (χ0n) is 26.8. The summed E-state index contributed by atoms with van der Waals surface area (Å²) < 4.78 is 0.